The monoisotopic (exact) mass is 369 g/mol. The molecule has 0 N–H and O–H groups in total. The molecule has 25 heavy (non-hydrogen) atoms. The second-order valence-corrected chi connectivity index (χ2v) is 4.95. The van der Waals surface area contributed by atoms with Gasteiger partial charge in [-0.05, 0) is 24.6 Å². The van der Waals surface area contributed by atoms with Crippen LogP contribution in [-0.2, 0) is 13.2 Å². The third-order valence-corrected chi connectivity index (χ3v) is 3.47. The molecule has 1 heterocycles. The van der Waals surface area contributed by atoms with Gasteiger partial charge in [-0.3, -0.25) is 4.79 Å². The molecular formula is C16H17F6NO2. The van der Waals surface area contributed by atoms with Crippen molar-refractivity contribution in [1.82, 2.24) is 4.57 Å². The molecule has 2 aromatic rings. The minimum Gasteiger partial charge on any atom is -0.496 e. The summed E-state index contributed by atoms with van der Waals surface area (Å²) in [5, 5.41) is -0.454. The van der Waals surface area contributed by atoms with Gasteiger partial charge in [-0.25, -0.2) is 0 Å². The molecule has 0 fully saturated rings. The topological polar surface area (TPSA) is 31.2 Å². The number of alkyl halides is 6. The highest BCUT2D eigenvalue weighted by Gasteiger charge is 2.48. The second-order valence-electron chi connectivity index (χ2n) is 4.95. The molecule has 0 aliphatic heterocycles. The van der Waals surface area contributed by atoms with Crippen LogP contribution < -0.4 is 4.74 Å². The van der Waals surface area contributed by atoms with E-state index >= 15 is 0 Å². The predicted molar refractivity (Wildman–Crippen MR) is 80.9 cm³/mol. The van der Waals surface area contributed by atoms with E-state index in [-0.39, 0.29) is 11.3 Å². The zero-order valence-electron chi connectivity index (χ0n) is 14.2. The number of aryl methyl sites for hydroxylation is 2. The number of nitrogens with zero attached hydrogens (tertiary/aromatic N) is 1. The first-order valence-electron chi connectivity index (χ1n) is 7.25. The van der Waals surface area contributed by atoms with Gasteiger partial charge in [0.15, 0.2) is 0 Å². The first-order valence-corrected chi connectivity index (χ1v) is 7.25. The quantitative estimate of drug-likeness (QED) is 0.532. The van der Waals surface area contributed by atoms with Crippen LogP contribution in [0.15, 0.2) is 12.1 Å². The minimum absolute atomic E-state index is 0.0908. The number of benzene rings is 1. The Morgan fingerprint density at radius 3 is 2.00 bits per heavy atom. The van der Waals surface area contributed by atoms with Crippen molar-refractivity contribution in [2.24, 2.45) is 7.05 Å². The summed E-state index contributed by atoms with van der Waals surface area (Å²) in [5.74, 6) is -2.45. The smallest absolute Gasteiger partial charge is 0.454 e. The largest absolute Gasteiger partial charge is 0.496 e. The van der Waals surface area contributed by atoms with E-state index in [9.17, 15) is 31.1 Å². The Bertz CT molecular complexity index is 787. The normalized spacial score (nSPS) is 12.0. The van der Waals surface area contributed by atoms with Gasteiger partial charge in [0, 0.05) is 18.0 Å². The number of ketones is 1. The molecule has 0 bridgehead atoms. The highest BCUT2D eigenvalue weighted by atomic mass is 19.4. The fraction of sp³-hybridized carbons (Fsp3) is 0.438. The van der Waals surface area contributed by atoms with Crippen LogP contribution >= 0.6 is 0 Å². The molecule has 0 aliphatic rings. The van der Waals surface area contributed by atoms with Gasteiger partial charge < -0.3 is 9.30 Å². The molecule has 3 nitrogen and oxygen atoms in total. The van der Waals surface area contributed by atoms with E-state index in [1.807, 2.05) is 13.8 Å². The van der Waals surface area contributed by atoms with E-state index < -0.39 is 34.8 Å². The number of carbonyl (C=O) groups is 1. The molecule has 0 radical (unpaired) electrons. The van der Waals surface area contributed by atoms with Crippen molar-refractivity contribution in [2.75, 3.05) is 7.11 Å². The van der Waals surface area contributed by atoms with Crippen LogP contribution in [0.1, 0.15) is 35.5 Å². The maximum Gasteiger partial charge on any atom is 0.454 e. The van der Waals surface area contributed by atoms with Crippen molar-refractivity contribution in [1.29, 1.82) is 0 Å². The van der Waals surface area contributed by atoms with E-state index in [2.05, 4.69) is 0 Å². The minimum atomic E-state index is -5.42. The number of carbonyl (C=O) groups excluding carboxylic acids is 1. The number of hydrogen-bond acceptors (Lipinski definition) is 2. The zero-order chi connectivity index (χ0) is 19.7. The van der Waals surface area contributed by atoms with Gasteiger partial charge in [0.2, 0.25) is 0 Å². The summed E-state index contributed by atoms with van der Waals surface area (Å²) in [6.07, 6.45) is -10.5. The number of halogens is 6. The van der Waals surface area contributed by atoms with Crippen LogP contribution in [0, 0.1) is 6.92 Å². The molecule has 1 aromatic heterocycles. The molecule has 0 saturated heterocycles. The Kier molecular flexibility index (Phi) is 5.81. The van der Waals surface area contributed by atoms with Crippen LogP contribution in [0.4, 0.5) is 26.3 Å². The van der Waals surface area contributed by atoms with Gasteiger partial charge in [0.05, 0.1) is 12.7 Å². The number of fused-ring (bicyclic) bond motifs is 1. The molecule has 0 unspecified atom stereocenters. The highest BCUT2D eigenvalue weighted by Crippen LogP contribution is 2.41. The van der Waals surface area contributed by atoms with E-state index in [0.29, 0.717) is 10.1 Å². The van der Waals surface area contributed by atoms with Crippen molar-refractivity contribution in [3.63, 3.8) is 0 Å². The van der Waals surface area contributed by atoms with Crippen molar-refractivity contribution in [3.05, 3.63) is 29.0 Å². The van der Waals surface area contributed by atoms with Gasteiger partial charge in [-0.2, -0.15) is 26.3 Å². The predicted octanol–water partition coefficient (Wildman–Crippen LogP) is 5.29. The van der Waals surface area contributed by atoms with Gasteiger partial charge in [-0.1, -0.05) is 13.8 Å². The Hall–Kier alpha value is -2.19. The third-order valence-electron chi connectivity index (χ3n) is 3.47. The number of methoxy groups -OCH3 is 1. The van der Waals surface area contributed by atoms with Gasteiger partial charge in [0.1, 0.15) is 11.4 Å². The first kappa shape index (κ1) is 20.9. The lowest BCUT2D eigenvalue weighted by molar-refractivity contribution is -0.143. The van der Waals surface area contributed by atoms with Crippen LogP contribution in [-0.4, -0.2) is 23.6 Å². The summed E-state index contributed by atoms with van der Waals surface area (Å²) in [6, 6.07) is 2.26. The molecule has 0 saturated carbocycles. The highest BCUT2D eigenvalue weighted by molar-refractivity contribution is 6.12. The molecule has 2 rings (SSSR count). The standard InChI is InChI=1S/C14H11F6NO2.C2H6/c1-6-4-8-7(5-9(6)23-3)10(12(22)14(18,19)20)11(21(8)2)13(15,16)17;1-2/h4-5H,1-3H3;1-2H3. The Balaban J connectivity index is 0.00000151. The van der Waals surface area contributed by atoms with Crippen LogP contribution in [0.25, 0.3) is 10.9 Å². The van der Waals surface area contributed by atoms with Crippen LogP contribution in [0.3, 0.4) is 0 Å². The van der Waals surface area contributed by atoms with Gasteiger partial charge in [-0.15, -0.1) is 0 Å². The van der Waals surface area contributed by atoms with Crippen molar-refractivity contribution >= 4 is 16.7 Å². The van der Waals surface area contributed by atoms with Crippen molar-refractivity contribution in [3.8, 4) is 5.75 Å². The maximum atomic E-state index is 13.2. The van der Waals surface area contributed by atoms with Gasteiger partial charge >= 0.3 is 12.4 Å². The molecule has 140 valence electrons. The summed E-state index contributed by atoms with van der Waals surface area (Å²) < 4.78 is 83.3. The number of aromatic nitrogens is 1. The fourth-order valence-corrected chi connectivity index (χ4v) is 2.49. The summed E-state index contributed by atoms with van der Waals surface area (Å²) >= 11 is 0. The van der Waals surface area contributed by atoms with E-state index in [1.54, 1.807) is 0 Å². The average Bonchev–Trinajstić information content (AvgIpc) is 2.79. The first-order chi connectivity index (χ1) is 11.4. The Morgan fingerprint density at radius 2 is 1.60 bits per heavy atom. The molecule has 0 amide bonds. The number of rotatable bonds is 2. The van der Waals surface area contributed by atoms with Crippen LogP contribution in [0.2, 0.25) is 0 Å². The molecule has 0 atom stereocenters. The van der Waals surface area contributed by atoms with Gasteiger partial charge in [0.25, 0.3) is 5.78 Å². The maximum absolute atomic E-state index is 13.2. The molecular weight excluding hydrogens is 352 g/mol. The number of Topliss-reactive ketones (excluding diaryl/α,β-unsaturated/α-hetero) is 1. The average molecular weight is 369 g/mol. The number of ether oxygens (including phenoxy) is 1. The molecule has 0 spiro atoms. The summed E-state index contributed by atoms with van der Waals surface area (Å²) in [4.78, 5) is 11.6. The SMILES string of the molecule is CC.COc1cc2c(C(=O)C(F)(F)F)c(C(F)(F)F)n(C)c2cc1C. The Morgan fingerprint density at radius 1 is 1.08 bits per heavy atom. The van der Waals surface area contributed by atoms with Crippen LogP contribution in [0.5, 0.6) is 5.75 Å². The lowest BCUT2D eigenvalue weighted by Gasteiger charge is -2.12. The number of hydrogen-bond donors (Lipinski definition) is 0. The summed E-state index contributed by atoms with van der Waals surface area (Å²) in [6.45, 7) is 5.53. The zero-order valence-corrected chi connectivity index (χ0v) is 14.2. The van der Waals surface area contributed by atoms with E-state index in [1.165, 1.54) is 20.1 Å². The van der Waals surface area contributed by atoms with E-state index in [4.69, 9.17) is 4.74 Å². The second kappa shape index (κ2) is 6.97. The lowest BCUT2D eigenvalue weighted by Crippen LogP contribution is -2.26. The Labute approximate surface area is 140 Å². The lowest BCUT2D eigenvalue weighted by atomic mass is 10.0. The van der Waals surface area contributed by atoms with Crippen molar-refractivity contribution < 1.29 is 35.9 Å². The third kappa shape index (κ3) is 3.74. The molecule has 1 aromatic carbocycles. The van der Waals surface area contributed by atoms with E-state index in [0.717, 1.165) is 13.1 Å². The summed E-state index contributed by atoms with van der Waals surface area (Å²) in [7, 11) is 2.19. The fourth-order valence-electron chi connectivity index (χ4n) is 2.49. The summed E-state index contributed by atoms with van der Waals surface area (Å²) in [5.41, 5.74) is -2.76. The molecule has 0 aliphatic carbocycles. The molecule has 9 heteroatoms. The van der Waals surface area contributed by atoms with Crippen molar-refractivity contribution in [2.45, 2.75) is 33.1 Å².